The van der Waals surface area contributed by atoms with Crippen LogP contribution in [0.25, 0.3) is 11.3 Å². The first-order valence-electron chi connectivity index (χ1n) is 7.39. The maximum absolute atomic E-state index is 13.3. The molecule has 2 N–H and O–H groups in total. The van der Waals surface area contributed by atoms with Crippen molar-refractivity contribution in [1.29, 1.82) is 0 Å². The van der Waals surface area contributed by atoms with Gasteiger partial charge in [0, 0.05) is 5.54 Å². The highest BCUT2D eigenvalue weighted by atomic mass is 19.3. The van der Waals surface area contributed by atoms with Crippen molar-refractivity contribution in [1.82, 2.24) is 10.1 Å². The number of rotatable bonds is 7. The monoisotopic (exact) mass is 325 g/mol. The van der Waals surface area contributed by atoms with Crippen molar-refractivity contribution < 1.29 is 18.0 Å². The minimum absolute atomic E-state index is 0.0423. The number of hydrogen-bond donors (Lipinski definition) is 1. The Kier molecular flexibility index (Phi) is 5.30. The molecule has 1 unspecified atom stereocenters. The van der Waals surface area contributed by atoms with Gasteiger partial charge in [-0.25, -0.2) is 13.8 Å². The molecule has 0 aliphatic heterocycles. The molecule has 0 aromatic carbocycles. The van der Waals surface area contributed by atoms with E-state index in [-0.39, 0.29) is 12.4 Å². The molecule has 0 aliphatic rings. The normalized spacial score (nSPS) is 14.3. The first-order valence-corrected chi connectivity index (χ1v) is 7.39. The van der Waals surface area contributed by atoms with Gasteiger partial charge in [0.1, 0.15) is 24.3 Å². The van der Waals surface area contributed by atoms with Crippen molar-refractivity contribution in [3.05, 3.63) is 30.3 Å². The third-order valence-electron chi connectivity index (χ3n) is 3.25. The third-order valence-corrected chi connectivity index (χ3v) is 3.25. The lowest BCUT2D eigenvalue weighted by atomic mass is 9.93. The minimum atomic E-state index is -2.75. The van der Waals surface area contributed by atoms with Crippen LogP contribution in [0.1, 0.15) is 39.3 Å². The van der Waals surface area contributed by atoms with Crippen LogP contribution in [0.15, 0.2) is 29.1 Å². The molecular formula is C16H21F2N3O2. The van der Waals surface area contributed by atoms with E-state index in [2.05, 4.69) is 10.1 Å². The molecule has 2 aromatic heterocycles. The van der Waals surface area contributed by atoms with Crippen molar-refractivity contribution in [2.24, 2.45) is 11.7 Å². The first kappa shape index (κ1) is 17.3. The van der Waals surface area contributed by atoms with Crippen LogP contribution in [-0.4, -0.2) is 22.3 Å². The van der Waals surface area contributed by atoms with Crippen LogP contribution in [-0.2, 0) is 0 Å². The van der Waals surface area contributed by atoms with E-state index >= 15 is 0 Å². The van der Waals surface area contributed by atoms with E-state index in [1.54, 1.807) is 6.07 Å². The van der Waals surface area contributed by atoms with Gasteiger partial charge < -0.3 is 15.0 Å². The summed E-state index contributed by atoms with van der Waals surface area (Å²) in [5.41, 5.74) is 6.02. The van der Waals surface area contributed by atoms with Gasteiger partial charge in [-0.3, -0.25) is 0 Å². The Balaban J connectivity index is 2.18. The van der Waals surface area contributed by atoms with E-state index < -0.39 is 17.7 Å². The maximum Gasteiger partial charge on any atom is 0.284 e. The SMILES string of the molecule is CC(C)CC(C)(N)COc1ccc(-c2cnoc2)nc1C(F)F. The van der Waals surface area contributed by atoms with Crippen molar-refractivity contribution in [3.8, 4) is 17.0 Å². The summed E-state index contributed by atoms with van der Waals surface area (Å²) in [7, 11) is 0. The highest BCUT2D eigenvalue weighted by Gasteiger charge is 2.24. The van der Waals surface area contributed by atoms with Crippen molar-refractivity contribution in [2.75, 3.05) is 6.61 Å². The lowest BCUT2D eigenvalue weighted by Crippen LogP contribution is -2.43. The van der Waals surface area contributed by atoms with Gasteiger partial charge in [0.15, 0.2) is 0 Å². The Bertz CT molecular complexity index is 628. The van der Waals surface area contributed by atoms with Crippen LogP contribution >= 0.6 is 0 Å². The average molecular weight is 325 g/mol. The second-order valence-corrected chi connectivity index (χ2v) is 6.33. The van der Waals surface area contributed by atoms with Crippen LogP contribution < -0.4 is 10.5 Å². The molecule has 2 rings (SSSR count). The Labute approximate surface area is 133 Å². The number of halogens is 2. The number of aromatic nitrogens is 2. The van der Waals surface area contributed by atoms with Gasteiger partial charge in [-0.05, 0) is 31.4 Å². The van der Waals surface area contributed by atoms with E-state index in [1.165, 1.54) is 18.5 Å². The zero-order valence-electron chi connectivity index (χ0n) is 13.4. The van der Waals surface area contributed by atoms with Crippen LogP contribution in [0.2, 0.25) is 0 Å². The number of hydrogen-bond acceptors (Lipinski definition) is 5. The lowest BCUT2D eigenvalue weighted by Gasteiger charge is -2.27. The zero-order chi connectivity index (χ0) is 17.0. The Morgan fingerprint density at radius 2 is 2.09 bits per heavy atom. The molecule has 0 saturated carbocycles. The summed E-state index contributed by atoms with van der Waals surface area (Å²) in [4.78, 5) is 3.96. The predicted octanol–water partition coefficient (Wildman–Crippen LogP) is 3.82. The van der Waals surface area contributed by atoms with Gasteiger partial charge in [-0.1, -0.05) is 19.0 Å². The van der Waals surface area contributed by atoms with Gasteiger partial charge in [0.05, 0.1) is 17.5 Å². The minimum Gasteiger partial charge on any atom is -0.490 e. The van der Waals surface area contributed by atoms with E-state index in [9.17, 15) is 8.78 Å². The van der Waals surface area contributed by atoms with Gasteiger partial charge >= 0.3 is 0 Å². The molecule has 0 radical (unpaired) electrons. The summed E-state index contributed by atoms with van der Waals surface area (Å²) < 4.78 is 36.8. The molecule has 0 amide bonds. The molecular weight excluding hydrogens is 304 g/mol. The summed E-state index contributed by atoms with van der Waals surface area (Å²) in [5.74, 6) is 0.429. The van der Waals surface area contributed by atoms with E-state index in [1.807, 2.05) is 20.8 Å². The van der Waals surface area contributed by atoms with E-state index in [4.69, 9.17) is 15.0 Å². The summed E-state index contributed by atoms with van der Waals surface area (Å²) >= 11 is 0. The Morgan fingerprint density at radius 1 is 1.35 bits per heavy atom. The second kappa shape index (κ2) is 7.04. The summed E-state index contributed by atoms with van der Waals surface area (Å²) in [6, 6.07) is 3.06. The van der Waals surface area contributed by atoms with Crippen molar-refractivity contribution in [3.63, 3.8) is 0 Å². The molecule has 5 nitrogen and oxygen atoms in total. The molecule has 0 fully saturated rings. The number of ether oxygens (including phenoxy) is 1. The summed E-state index contributed by atoms with van der Waals surface area (Å²) in [5, 5.41) is 3.54. The predicted molar refractivity (Wildman–Crippen MR) is 82.2 cm³/mol. The molecule has 0 spiro atoms. The first-order chi connectivity index (χ1) is 10.8. The number of pyridine rings is 1. The summed E-state index contributed by atoms with van der Waals surface area (Å²) in [6.45, 7) is 6.07. The smallest absolute Gasteiger partial charge is 0.284 e. The van der Waals surface area contributed by atoms with Gasteiger partial charge in [0.25, 0.3) is 6.43 Å². The molecule has 126 valence electrons. The Hall–Kier alpha value is -2.02. The van der Waals surface area contributed by atoms with Crippen molar-refractivity contribution >= 4 is 0 Å². The fourth-order valence-electron chi connectivity index (χ4n) is 2.47. The topological polar surface area (TPSA) is 74.2 Å². The standard InChI is InChI=1S/C16H21F2N3O2/c1-10(2)6-16(3,19)9-22-13-5-4-12(11-7-20-23-8-11)21-14(13)15(17)18/h4-5,7-8,10,15H,6,9,19H2,1-3H3. The molecule has 0 aliphatic carbocycles. The van der Waals surface area contributed by atoms with Crippen LogP contribution in [0.4, 0.5) is 8.78 Å². The zero-order valence-corrected chi connectivity index (χ0v) is 13.4. The molecule has 2 heterocycles. The van der Waals surface area contributed by atoms with Gasteiger partial charge in [0.2, 0.25) is 0 Å². The fourth-order valence-corrected chi connectivity index (χ4v) is 2.47. The number of nitrogens with two attached hydrogens (primary N) is 1. The Morgan fingerprint density at radius 3 is 2.65 bits per heavy atom. The number of nitrogens with zero attached hydrogens (tertiary/aromatic N) is 2. The van der Waals surface area contributed by atoms with E-state index in [0.29, 0.717) is 17.2 Å². The largest absolute Gasteiger partial charge is 0.490 e. The quantitative estimate of drug-likeness (QED) is 0.837. The molecule has 0 saturated heterocycles. The second-order valence-electron chi connectivity index (χ2n) is 6.33. The molecule has 2 aromatic rings. The van der Waals surface area contributed by atoms with Crippen LogP contribution in [0.5, 0.6) is 5.75 Å². The molecule has 23 heavy (non-hydrogen) atoms. The molecule has 7 heteroatoms. The van der Waals surface area contributed by atoms with Crippen LogP contribution in [0, 0.1) is 5.92 Å². The highest BCUT2D eigenvalue weighted by Crippen LogP contribution is 2.31. The maximum atomic E-state index is 13.3. The van der Waals surface area contributed by atoms with E-state index in [0.717, 1.165) is 6.42 Å². The van der Waals surface area contributed by atoms with Gasteiger partial charge in [-0.2, -0.15) is 0 Å². The van der Waals surface area contributed by atoms with Crippen molar-refractivity contribution in [2.45, 2.75) is 39.2 Å². The van der Waals surface area contributed by atoms with Crippen LogP contribution in [0.3, 0.4) is 0 Å². The average Bonchev–Trinajstić information content (AvgIpc) is 2.97. The lowest BCUT2D eigenvalue weighted by molar-refractivity contribution is 0.134. The third kappa shape index (κ3) is 4.72. The fraction of sp³-hybridized carbons (Fsp3) is 0.500. The molecule has 0 bridgehead atoms. The van der Waals surface area contributed by atoms with Gasteiger partial charge in [-0.15, -0.1) is 0 Å². The highest BCUT2D eigenvalue weighted by molar-refractivity contribution is 5.57. The number of alkyl halides is 2. The summed E-state index contributed by atoms with van der Waals surface area (Å²) in [6.07, 6.45) is 0.734. The molecule has 1 atom stereocenters.